The van der Waals surface area contributed by atoms with Gasteiger partial charge in [-0.15, -0.1) is 0 Å². The number of carbonyl (C=O) groups excluding carboxylic acids is 1. The molecule has 1 aromatic carbocycles. The second-order valence-electron chi connectivity index (χ2n) is 3.50. The fourth-order valence-electron chi connectivity index (χ4n) is 1.53. The highest BCUT2D eigenvalue weighted by Gasteiger charge is 2.20. The molecule has 1 aromatic rings. The van der Waals surface area contributed by atoms with Gasteiger partial charge in [-0.1, -0.05) is 18.2 Å². The molecule has 0 radical (unpaired) electrons. The van der Waals surface area contributed by atoms with Crippen molar-refractivity contribution < 1.29 is 19.0 Å². The maximum Gasteiger partial charge on any atom is 0.342 e. The van der Waals surface area contributed by atoms with E-state index in [-0.39, 0.29) is 6.61 Å². The molecule has 90 valence electrons. The third-order valence-corrected chi connectivity index (χ3v) is 2.33. The molecular weight excluding hydrogens is 220 g/mol. The highest BCUT2D eigenvalue weighted by Crippen LogP contribution is 2.33. The summed E-state index contributed by atoms with van der Waals surface area (Å²) in [6.45, 7) is 3.09. The SMILES string of the molecule is C/C=C/COC(=O)c1cccc2c1OCCO2. The van der Waals surface area contributed by atoms with Gasteiger partial charge in [0.15, 0.2) is 11.5 Å². The van der Waals surface area contributed by atoms with Crippen LogP contribution in [0.15, 0.2) is 30.4 Å². The van der Waals surface area contributed by atoms with Gasteiger partial charge in [0.25, 0.3) is 0 Å². The highest BCUT2D eigenvalue weighted by atomic mass is 16.6. The first kappa shape index (κ1) is 11.5. The average Bonchev–Trinajstić information content (AvgIpc) is 2.38. The van der Waals surface area contributed by atoms with E-state index in [0.29, 0.717) is 30.3 Å². The molecule has 4 nitrogen and oxygen atoms in total. The zero-order chi connectivity index (χ0) is 12.1. The minimum absolute atomic E-state index is 0.264. The summed E-state index contributed by atoms with van der Waals surface area (Å²) in [5.41, 5.74) is 0.409. The largest absolute Gasteiger partial charge is 0.486 e. The first-order valence-electron chi connectivity index (χ1n) is 5.50. The van der Waals surface area contributed by atoms with Crippen molar-refractivity contribution >= 4 is 5.97 Å². The van der Waals surface area contributed by atoms with Crippen LogP contribution in [-0.4, -0.2) is 25.8 Å². The van der Waals surface area contributed by atoms with E-state index < -0.39 is 5.97 Å². The van der Waals surface area contributed by atoms with Gasteiger partial charge < -0.3 is 14.2 Å². The first-order valence-corrected chi connectivity index (χ1v) is 5.50. The Morgan fingerprint density at radius 1 is 1.41 bits per heavy atom. The molecule has 2 rings (SSSR count). The minimum atomic E-state index is -0.398. The van der Waals surface area contributed by atoms with Gasteiger partial charge in [-0.05, 0) is 19.1 Å². The fraction of sp³-hybridized carbons (Fsp3) is 0.308. The van der Waals surface area contributed by atoms with Crippen molar-refractivity contribution in [3.8, 4) is 11.5 Å². The number of benzene rings is 1. The molecule has 1 heterocycles. The molecule has 1 aliphatic heterocycles. The summed E-state index contributed by atoms with van der Waals surface area (Å²) in [4.78, 5) is 11.8. The molecule has 0 fully saturated rings. The number of rotatable bonds is 3. The summed E-state index contributed by atoms with van der Waals surface area (Å²) >= 11 is 0. The lowest BCUT2D eigenvalue weighted by molar-refractivity contribution is 0.0539. The normalized spacial score (nSPS) is 13.7. The molecule has 17 heavy (non-hydrogen) atoms. The third-order valence-electron chi connectivity index (χ3n) is 2.33. The van der Waals surface area contributed by atoms with Gasteiger partial charge in [0.2, 0.25) is 0 Å². The summed E-state index contributed by atoms with van der Waals surface area (Å²) in [5, 5.41) is 0. The molecule has 0 saturated carbocycles. The molecule has 0 spiro atoms. The predicted molar refractivity (Wildman–Crippen MR) is 62.5 cm³/mol. The zero-order valence-corrected chi connectivity index (χ0v) is 9.64. The van der Waals surface area contributed by atoms with E-state index in [1.54, 1.807) is 24.3 Å². The number of ether oxygens (including phenoxy) is 3. The third kappa shape index (κ3) is 2.58. The summed E-state index contributed by atoms with van der Waals surface area (Å²) in [6, 6.07) is 5.20. The van der Waals surface area contributed by atoms with E-state index in [4.69, 9.17) is 14.2 Å². The lowest BCUT2D eigenvalue weighted by Crippen LogP contribution is -2.18. The Kier molecular flexibility index (Phi) is 3.65. The standard InChI is InChI=1S/C13H14O4/c1-2-3-7-17-13(14)10-5-4-6-11-12(10)16-9-8-15-11/h2-6H,7-9H2,1H3/b3-2+. The van der Waals surface area contributed by atoms with Gasteiger partial charge in [0.1, 0.15) is 25.4 Å². The maximum atomic E-state index is 11.8. The Morgan fingerprint density at radius 3 is 3.06 bits per heavy atom. The number of esters is 1. The number of carbonyl (C=O) groups is 1. The quantitative estimate of drug-likeness (QED) is 0.594. The van der Waals surface area contributed by atoms with Gasteiger partial charge in [-0.2, -0.15) is 0 Å². The van der Waals surface area contributed by atoms with E-state index in [0.717, 1.165) is 0 Å². The van der Waals surface area contributed by atoms with E-state index in [1.807, 2.05) is 13.0 Å². The van der Waals surface area contributed by atoms with Crippen LogP contribution in [0.25, 0.3) is 0 Å². The van der Waals surface area contributed by atoms with E-state index in [9.17, 15) is 4.79 Å². The fourth-order valence-corrected chi connectivity index (χ4v) is 1.53. The van der Waals surface area contributed by atoms with Crippen molar-refractivity contribution in [2.24, 2.45) is 0 Å². The van der Waals surface area contributed by atoms with Crippen LogP contribution < -0.4 is 9.47 Å². The predicted octanol–water partition coefficient (Wildman–Crippen LogP) is 2.19. The minimum Gasteiger partial charge on any atom is -0.486 e. The molecule has 0 saturated heterocycles. The second kappa shape index (κ2) is 5.39. The van der Waals surface area contributed by atoms with Crippen molar-refractivity contribution in [1.82, 2.24) is 0 Å². The number of fused-ring (bicyclic) bond motifs is 1. The molecule has 0 bridgehead atoms. The summed E-state index contributed by atoms with van der Waals surface area (Å²) in [5.74, 6) is 0.673. The van der Waals surface area contributed by atoms with Crippen LogP contribution in [0.1, 0.15) is 17.3 Å². The van der Waals surface area contributed by atoms with Crippen LogP contribution in [0.2, 0.25) is 0 Å². The van der Waals surface area contributed by atoms with Gasteiger partial charge in [0.05, 0.1) is 0 Å². The lowest BCUT2D eigenvalue weighted by atomic mass is 10.2. The Bertz CT molecular complexity index is 437. The van der Waals surface area contributed by atoms with Crippen LogP contribution in [0.4, 0.5) is 0 Å². The van der Waals surface area contributed by atoms with Crippen molar-refractivity contribution in [3.05, 3.63) is 35.9 Å². The molecule has 0 amide bonds. The van der Waals surface area contributed by atoms with E-state index in [1.165, 1.54) is 0 Å². The molecule has 0 aromatic heterocycles. The molecule has 4 heteroatoms. The second-order valence-corrected chi connectivity index (χ2v) is 3.50. The molecule has 0 aliphatic carbocycles. The monoisotopic (exact) mass is 234 g/mol. The molecule has 0 atom stereocenters. The maximum absolute atomic E-state index is 11.8. The van der Waals surface area contributed by atoms with Crippen molar-refractivity contribution in [1.29, 1.82) is 0 Å². The Morgan fingerprint density at radius 2 is 2.24 bits per heavy atom. The van der Waals surface area contributed by atoms with Gasteiger partial charge >= 0.3 is 5.97 Å². The van der Waals surface area contributed by atoms with Crippen LogP contribution in [0.3, 0.4) is 0 Å². The number of hydrogen-bond donors (Lipinski definition) is 0. The van der Waals surface area contributed by atoms with Crippen LogP contribution in [0.5, 0.6) is 11.5 Å². The number of para-hydroxylation sites is 1. The Hall–Kier alpha value is -1.97. The van der Waals surface area contributed by atoms with Crippen LogP contribution in [-0.2, 0) is 4.74 Å². The van der Waals surface area contributed by atoms with Gasteiger partial charge in [-0.3, -0.25) is 0 Å². The molecule has 0 unspecified atom stereocenters. The first-order chi connectivity index (χ1) is 8.33. The van der Waals surface area contributed by atoms with Gasteiger partial charge in [0, 0.05) is 0 Å². The Labute approximate surface area is 99.8 Å². The number of allylic oxidation sites excluding steroid dienone is 1. The van der Waals surface area contributed by atoms with Crippen LogP contribution in [0, 0.1) is 0 Å². The zero-order valence-electron chi connectivity index (χ0n) is 9.64. The molecular formula is C13H14O4. The van der Waals surface area contributed by atoms with Gasteiger partial charge in [-0.25, -0.2) is 4.79 Å². The van der Waals surface area contributed by atoms with E-state index >= 15 is 0 Å². The highest BCUT2D eigenvalue weighted by molar-refractivity contribution is 5.93. The van der Waals surface area contributed by atoms with Crippen molar-refractivity contribution in [3.63, 3.8) is 0 Å². The number of hydrogen-bond acceptors (Lipinski definition) is 4. The van der Waals surface area contributed by atoms with Crippen molar-refractivity contribution in [2.75, 3.05) is 19.8 Å². The average molecular weight is 234 g/mol. The summed E-state index contributed by atoms with van der Waals surface area (Å²) < 4.78 is 15.9. The Balaban J connectivity index is 2.17. The summed E-state index contributed by atoms with van der Waals surface area (Å²) in [7, 11) is 0. The van der Waals surface area contributed by atoms with Crippen molar-refractivity contribution in [2.45, 2.75) is 6.92 Å². The summed E-state index contributed by atoms with van der Waals surface area (Å²) in [6.07, 6.45) is 3.60. The molecule has 1 aliphatic rings. The smallest absolute Gasteiger partial charge is 0.342 e. The molecule has 0 N–H and O–H groups in total. The van der Waals surface area contributed by atoms with E-state index in [2.05, 4.69) is 0 Å². The van der Waals surface area contributed by atoms with Crippen LogP contribution >= 0.6 is 0 Å². The lowest BCUT2D eigenvalue weighted by Gasteiger charge is -2.20. The topological polar surface area (TPSA) is 44.8 Å².